The first-order chi connectivity index (χ1) is 13.8. The minimum absolute atomic E-state index is 0.143. The molecule has 0 aliphatic carbocycles. The molecule has 29 heavy (non-hydrogen) atoms. The van der Waals surface area contributed by atoms with E-state index in [1.807, 2.05) is 0 Å². The first-order valence-electron chi connectivity index (χ1n) is 8.07. The molecule has 0 aromatic heterocycles. The lowest BCUT2D eigenvalue weighted by atomic mass is 10.1. The van der Waals surface area contributed by atoms with Gasteiger partial charge in [-0.2, -0.15) is 0 Å². The third-order valence-corrected chi connectivity index (χ3v) is 4.56. The molecule has 0 bridgehead atoms. The van der Waals surface area contributed by atoms with Crippen LogP contribution in [-0.2, 0) is 14.4 Å². The number of imide groups is 2. The molecule has 1 saturated heterocycles. The second kappa shape index (κ2) is 8.34. The van der Waals surface area contributed by atoms with Crippen molar-refractivity contribution in [3.8, 4) is 5.75 Å². The molecular weight excluding hydrogens is 423 g/mol. The number of amides is 4. The Morgan fingerprint density at radius 3 is 2.38 bits per heavy atom. The topological polar surface area (TPSA) is 113 Å². The molecule has 0 radical (unpaired) electrons. The maximum absolute atomic E-state index is 12.8. The number of carboxylic acid groups (broad SMARTS) is 1. The fourth-order valence-electron chi connectivity index (χ4n) is 2.49. The molecule has 2 N–H and O–H groups in total. The van der Waals surface area contributed by atoms with Gasteiger partial charge in [-0.15, -0.1) is 0 Å². The summed E-state index contributed by atoms with van der Waals surface area (Å²) in [4.78, 5) is 48.5. The zero-order valence-corrected chi connectivity index (χ0v) is 16.0. The number of hydrogen-bond donors (Lipinski definition) is 2. The number of rotatable bonds is 5. The quantitative estimate of drug-likeness (QED) is 0.551. The van der Waals surface area contributed by atoms with E-state index in [4.69, 9.17) is 33.0 Å². The van der Waals surface area contributed by atoms with E-state index in [0.29, 0.717) is 11.3 Å². The number of barbiturate groups is 1. The summed E-state index contributed by atoms with van der Waals surface area (Å²) >= 11 is 11.8. The van der Waals surface area contributed by atoms with Crippen LogP contribution in [0.15, 0.2) is 48.0 Å². The van der Waals surface area contributed by atoms with Crippen molar-refractivity contribution in [2.45, 2.75) is 0 Å². The summed E-state index contributed by atoms with van der Waals surface area (Å²) in [5.41, 5.74) is 0.349. The fraction of sp³-hybridized carbons (Fsp3) is 0.0526. The van der Waals surface area contributed by atoms with Crippen molar-refractivity contribution >= 4 is 58.8 Å². The van der Waals surface area contributed by atoms with Crippen molar-refractivity contribution < 1.29 is 29.0 Å². The number of halogens is 2. The maximum atomic E-state index is 12.8. The average Bonchev–Trinajstić information content (AvgIpc) is 2.67. The normalized spacial score (nSPS) is 15.4. The highest BCUT2D eigenvalue weighted by molar-refractivity contribution is 6.43. The molecule has 10 heteroatoms. The Morgan fingerprint density at radius 1 is 1.07 bits per heavy atom. The van der Waals surface area contributed by atoms with Gasteiger partial charge in [-0.25, -0.2) is 14.5 Å². The van der Waals surface area contributed by atoms with Crippen LogP contribution in [0.25, 0.3) is 6.08 Å². The second-order valence-corrected chi connectivity index (χ2v) is 6.62. The van der Waals surface area contributed by atoms with Crippen LogP contribution < -0.4 is 15.0 Å². The van der Waals surface area contributed by atoms with Crippen LogP contribution in [0.2, 0.25) is 10.0 Å². The van der Waals surface area contributed by atoms with Crippen LogP contribution in [0, 0.1) is 0 Å². The van der Waals surface area contributed by atoms with E-state index in [-0.39, 0.29) is 21.3 Å². The number of nitrogens with one attached hydrogen (secondary N) is 1. The molecule has 0 saturated carbocycles. The smallest absolute Gasteiger partial charge is 0.341 e. The summed E-state index contributed by atoms with van der Waals surface area (Å²) in [6.07, 6.45) is 1.30. The Morgan fingerprint density at radius 2 is 1.76 bits per heavy atom. The largest absolute Gasteiger partial charge is 0.482 e. The lowest BCUT2D eigenvalue weighted by molar-refractivity contribution is -0.139. The predicted octanol–water partition coefficient (Wildman–Crippen LogP) is 3.12. The number of anilines is 1. The minimum atomic E-state index is -1.12. The summed E-state index contributed by atoms with van der Waals surface area (Å²) < 4.78 is 5.02. The van der Waals surface area contributed by atoms with Crippen LogP contribution in [0.3, 0.4) is 0 Å². The third kappa shape index (κ3) is 4.56. The van der Waals surface area contributed by atoms with Gasteiger partial charge < -0.3 is 9.84 Å². The molecule has 2 aromatic rings. The number of carboxylic acids is 1. The van der Waals surface area contributed by atoms with Crippen molar-refractivity contribution in [2.75, 3.05) is 11.5 Å². The van der Waals surface area contributed by atoms with Gasteiger partial charge in [-0.1, -0.05) is 35.3 Å². The highest BCUT2D eigenvalue weighted by Crippen LogP contribution is 2.29. The van der Waals surface area contributed by atoms with Gasteiger partial charge in [-0.05, 0) is 42.0 Å². The number of carbonyl (C=O) groups excluding carboxylic acids is 3. The van der Waals surface area contributed by atoms with Crippen molar-refractivity contribution in [3.63, 3.8) is 0 Å². The van der Waals surface area contributed by atoms with Gasteiger partial charge in [0.2, 0.25) is 0 Å². The van der Waals surface area contributed by atoms with Crippen molar-refractivity contribution in [3.05, 3.63) is 63.6 Å². The summed E-state index contributed by atoms with van der Waals surface area (Å²) in [6.45, 7) is -0.498. The summed E-state index contributed by atoms with van der Waals surface area (Å²) in [6, 6.07) is 9.32. The molecule has 1 fully saturated rings. The molecule has 1 aliphatic heterocycles. The van der Waals surface area contributed by atoms with E-state index < -0.39 is 30.4 Å². The number of carbonyl (C=O) groups is 4. The van der Waals surface area contributed by atoms with E-state index >= 15 is 0 Å². The number of ether oxygens (including phenoxy) is 1. The monoisotopic (exact) mass is 434 g/mol. The zero-order chi connectivity index (χ0) is 21.1. The molecule has 0 atom stereocenters. The van der Waals surface area contributed by atoms with Crippen LogP contribution in [0.5, 0.6) is 5.75 Å². The number of hydrogen-bond acceptors (Lipinski definition) is 5. The number of nitrogens with zero attached hydrogens (tertiary/aromatic N) is 1. The molecule has 4 amide bonds. The van der Waals surface area contributed by atoms with Crippen molar-refractivity contribution in [1.82, 2.24) is 5.32 Å². The van der Waals surface area contributed by atoms with E-state index in [9.17, 15) is 19.2 Å². The van der Waals surface area contributed by atoms with Crippen LogP contribution in [0.1, 0.15) is 5.56 Å². The van der Waals surface area contributed by atoms with Crippen LogP contribution in [-0.4, -0.2) is 35.5 Å². The average molecular weight is 435 g/mol. The molecule has 1 aliphatic rings. The van der Waals surface area contributed by atoms with E-state index in [1.165, 1.54) is 48.5 Å². The van der Waals surface area contributed by atoms with Crippen molar-refractivity contribution in [1.29, 1.82) is 0 Å². The van der Waals surface area contributed by atoms with E-state index in [1.54, 1.807) is 0 Å². The number of urea groups is 1. The Labute approximate surface area is 174 Å². The van der Waals surface area contributed by atoms with E-state index in [0.717, 1.165) is 4.90 Å². The Balaban J connectivity index is 1.88. The summed E-state index contributed by atoms with van der Waals surface area (Å²) in [5, 5.41) is 11.1. The van der Waals surface area contributed by atoms with Gasteiger partial charge in [0.25, 0.3) is 11.8 Å². The number of benzene rings is 2. The highest BCUT2D eigenvalue weighted by atomic mass is 35.5. The lowest BCUT2D eigenvalue weighted by Gasteiger charge is -2.26. The standard InChI is InChI=1S/C19H12Cl2N2O6/c20-14-6-3-11(8-15(14)21)23-18(27)13(17(26)22-19(23)28)7-10-1-4-12(5-2-10)29-9-16(24)25/h1-8H,9H2,(H,24,25)(H,22,26,28)/b13-7+. The van der Waals surface area contributed by atoms with Crippen LogP contribution >= 0.6 is 23.2 Å². The molecule has 0 unspecified atom stereocenters. The van der Waals surface area contributed by atoms with Gasteiger partial charge in [0, 0.05) is 0 Å². The maximum Gasteiger partial charge on any atom is 0.341 e. The SMILES string of the molecule is O=C(O)COc1ccc(/C=C2\C(=O)NC(=O)N(c3ccc(Cl)c(Cl)c3)C2=O)cc1. The molecule has 8 nitrogen and oxygen atoms in total. The molecule has 1 heterocycles. The van der Waals surface area contributed by atoms with Gasteiger partial charge >= 0.3 is 12.0 Å². The van der Waals surface area contributed by atoms with Gasteiger partial charge in [0.15, 0.2) is 6.61 Å². The van der Waals surface area contributed by atoms with Gasteiger partial charge in [0.05, 0.1) is 15.7 Å². The summed E-state index contributed by atoms with van der Waals surface area (Å²) in [7, 11) is 0. The Bertz CT molecular complexity index is 1050. The van der Waals surface area contributed by atoms with Crippen LogP contribution in [0.4, 0.5) is 10.5 Å². The van der Waals surface area contributed by atoms with Crippen molar-refractivity contribution in [2.24, 2.45) is 0 Å². The van der Waals surface area contributed by atoms with Gasteiger partial charge in [-0.3, -0.25) is 14.9 Å². The zero-order valence-electron chi connectivity index (χ0n) is 14.5. The molecule has 148 valence electrons. The second-order valence-electron chi connectivity index (χ2n) is 5.81. The molecule has 0 spiro atoms. The summed E-state index contributed by atoms with van der Waals surface area (Å²) in [5.74, 6) is -2.49. The minimum Gasteiger partial charge on any atom is -0.482 e. The molecule has 2 aromatic carbocycles. The Kier molecular flexibility index (Phi) is 5.86. The first-order valence-corrected chi connectivity index (χ1v) is 8.83. The fourth-order valence-corrected chi connectivity index (χ4v) is 2.78. The number of aliphatic carboxylic acids is 1. The predicted molar refractivity (Wildman–Crippen MR) is 105 cm³/mol. The molecule has 3 rings (SSSR count). The molecular formula is C19H12Cl2N2O6. The highest BCUT2D eigenvalue weighted by Gasteiger charge is 2.37. The first kappa shape index (κ1) is 20.4. The van der Waals surface area contributed by atoms with Gasteiger partial charge in [0.1, 0.15) is 11.3 Å². The third-order valence-electron chi connectivity index (χ3n) is 3.82. The lowest BCUT2D eigenvalue weighted by Crippen LogP contribution is -2.54. The Hall–Kier alpha value is -3.36. The van der Waals surface area contributed by atoms with E-state index in [2.05, 4.69) is 5.32 Å².